The second-order valence-corrected chi connectivity index (χ2v) is 10.2. The third-order valence-corrected chi connectivity index (χ3v) is 8.43. The lowest BCUT2D eigenvalue weighted by atomic mass is 9.77. The van der Waals surface area contributed by atoms with Gasteiger partial charge in [0.1, 0.15) is 5.78 Å². The Morgan fingerprint density at radius 3 is 2.50 bits per heavy atom. The molecular weight excluding hydrogens is 346 g/mol. The highest BCUT2D eigenvalue weighted by Crippen LogP contribution is 2.45. The fourth-order valence-corrected chi connectivity index (χ4v) is 6.66. The molecule has 0 amide bonds. The summed E-state index contributed by atoms with van der Waals surface area (Å²) < 4.78 is 27.8. The van der Waals surface area contributed by atoms with E-state index in [-0.39, 0.29) is 11.8 Å². The molecule has 1 heterocycles. The van der Waals surface area contributed by atoms with Crippen LogP contribution in [0.3, 0.4) is 0 Å². The second-order valence-electron chi connectivity index (χ2n) is 8.25. The Morgan fingerprint density at radius 1 is 1.04 bits per heavy atom. The van der Waals surface area contributed by atoms with Crippen LogP contribution in [-0.4, -0.2) is 31.6 Å². The summed E-state index contributed by atoms with van der Waals surface area (Å²) in [5, 5.41) is 0. The van der Waals surface area contributed by atoms with Gasteiger partial charge in [0.05, 0.1) is 4.90 Å². The molecule has 1 aromatic rings. The van der Waals surface area contributed by atoms with Crippen molar-refractivity contribution in [2.45, 2.75) is 50.8 Å². The van der Waals surface area contributed by atoms with Crippen LogP contribution in [0.1, 0.15) is 44.6 Å². The van der Waals surface area contributed by atoms with Gasteiger partial charge in [-0.3, -0.25) is 4.79 Å². The van der Waals surface area contributed by atoms with E-state index in [4.69, 9.17) is 0 Å². The Hall–Kier alpha value is -1.46. The Labute approximate surface area is 156 Å². The molecule has 0 unspecified atom stereocenters. The molecule has 0 bridgehead atoms. The van der Waals surface area contributed by atoms with E-state index in [2.05, 4.69) is 6.92 Å². The number of Topliss-reactive ketones (excluding diaryl/α,β-unsaturated/α-hetero) is 1. The van der Waals surface area contributed by atoms with Crippen molar-refractivity contribution in [3.8, 4) is 0 Å². The summed E-state index contributed by atoms with van der Waals surface area (Å²) in [6, 6.07) is 7.06. The predicted octanol–water partition coefficient (Wildman–Crippen LogP) is 3.71. The van der Waals surface area contributed by atoms with E-state index in [0.717, 1.165) is 24.8 Å². The van der Waals surface area contributed by atoms with Gasteiger partial charge < -0.3 is 0 Å². The number of ketones is 1. The molecule has 4 nitrogen and oxygen atoms in total. The van der Waals surface area contributed by atoms with Gasteiger partial charge in [-0.1, -0.05) is 28.8 Å². The summed E-state index contributed by atoms with van der Waals surface area (Å²) in [6.45, 7) is 5.11. The molecule has 4 rings (SSSR count). The standard InChI is InChI=1S/C21H27NO3S/c1-14-6-8-19(9-7-14)26(24,25)22-12-17-11-18(23)10-16-4-3-5-20(16)15(2)21(17)13-22/h6-9,16-17,21H,3-5,10-13H2,1-2H3/b20-15-/t16-,17-,21-/m0/s1. The number of hydrogen-bond donors (Lipinski definition) is 0. The summed E-state index contributed by atoms with van der Waals surface area (Å²) in [7, 11) is -3.50. The fraction of sp³-hybridized carbons (Fsp3) is 0.571. The number of nitrogens with zero attached hydrogens (tertiary/aromatic N) is 1. The maximum absolute atomic E-state index is 13.1. The summed E-state index contributed by atoms with van der Waals surface area (Å²) in [6.07, 6.45) is 4.53. The minimum Gasteiger partial charge on any atom is -0.300 e. The minimum atomic E-state index is -3.50. The lowest BCUT2D eigenvalue weighted by molar-refractivity contribution is -0.120. The van der Waals surface area contributed by atoms with Crippen LogP contribution in [0.5, 0.6) is 0 Å². The van der Waals surface area contributed by atoms with Crippen LogP contribution in [0.4, 0.5) is 0 Å². The van der Waals surface area contributed by atoms with Crippen LogP contribution in [0, 0.1) is 24.7 Å². The number of allylic oxidation sites excluding steroid dienone is 1. The Kier molecular flexibility index (Phi) is 4.56. The molecule has 0 radical (unpaired) electrons. The number of fused-ring (bicyclic) bond motifs is 2. The first-order valence-corrected chi connectivity index (χ1v) is 11.1. The van der Waals surface area contributed by atoms with Crippen molar-refractivity contribution >= 4 is 15.8 Å². The lowest BCUT2D eigenvalue weighted by Gasteiger charge is -2.26. The molecule has 140 valence electrons. The highest BCUT2D eigenvalue weighted by Gasteiger charge is 2.43. The molecule has 1 aromatic carbocycles. The molecule has 2 fully saturated rings. The van der Waals surface area contributed by atoms with E-state index in [0.29, 0.717) is 42.5 Å². The SMILES string of the molecule is C/C1=C2\CCC[C@H]2CC(=O)C[C@H]2CN(S(=O)(=O)c3ccc(C)cc3)C[C@@H]12. The van der Waals surface area contributed by atoms with Crippen molar-refractivity contribution in [1.82, 2.24) is 4.31 Å². The summed E-state index contributed by atoms with van der Waals surface area (Å²) in [5.74, 6) is 1.03. The normalized spacial score (nSPS) is 32.8. The van der Waals surface area contributed by atoms with Crippen LogP contribution in [0.25, 0.3) is 0 Å². The Morgan fingerprint density at radius 2 is 1.77 bits per heavy atom. The molecule has 1 aliphatic heterocycles. The first-order valence-electron chi connectivity index (χ1n) is 9.64. The Bertz CT molecular complexity index is 854. The maximum atomic E-state index is 13.1. The van der Waals surface area contributed by atoms with Gasteiger partial charge in [0.25, 0.3) is 0 Å². The molecule has 0 aromatic heterocycles. The lowest BCUT2D eigenvalue weighted by Crippen LogP contribution is -2.29. The molecule has 0 N–H and O–H groups in total. The maximum Gasteiger partial charge on any atom is 0.243 e. The third-order valence-electron chi connectivity index (χ3n) is 6.58. The summed E-state index contributed by atoms with van der Waals surface area (Å²) in [4.78, 5) is 12.9. The second kappa shape index (κ2) is 6.61. The molecular formula is C21H27NO3S. The highest BCUT2D eigenvalue weighted by molar-refractivity contribution is 7.89. The number of carbonyl (C=O) groups is 1. The number of carbonyl (C=O) groups excluding carboxylic acids is 1. The van der Waals surface area contributed by atoms with Gasteiger partial charge in [0, 0.05) is 25.9 Å². The van der Waals surface area contributed by atoms with E-state index in [1.54, 1.807) is 16.4 Å². The van der Waals surface area contributed by atoms with E-state index in [1.165, 1.54) is 11.1 Å². The van der Waals surface area contributed by atoms with Crippen LogP contribution >= 0.6 is 0 Å². The Balaban J connectivity index is 1.66. The van der Waals surface area contributed by atoms with Crippen molar-refractivity contribution in [1.29, 1.82) is 0 Å². The van der Waals surface area contributed by atoms with Crippen molar-refractivity contribution in [3.63, 3.8) is 0 Å². The van der Waals surface area contributed by atoms with E-state index in [1.807, 2.05) is 19.1 Å². The molecule has 26 heavy (non-hydrogen) atoms. The first-order chi connectivity index (χ1) is 12.4. The molecule has 0 spiro atoms. The molecule has 3 aliphatic rings. The zero-order valence-electron chi connectivity index (χ0n) is 15.6. The van der Waals surface area contributed by atoms with E-state index in [9.17, 15) is 13.2 Å². The molecule has 2 aliphatic carbocycles. The van der Waals surface area contributed by atoms with E-state index < -0.39 is 10.0 Å². The van der Waals surface area contributed by atoms with Crippen molar-refractivity contribution in [2.24, 2.45) is 17.8 Å². The van der Waals surface area contributed by atoms with Crippen molar-refractivity contribution in [2.75, 3.05) is 13.1 Å². The zero-order chi connectivity index (χ0) is 18.5. The minimum absolute atomic E-state index is 0.122. The monoisotopic (exact) mass is 373 g/mol. The van der Waals surface area contributed by atoms with Crippen molar-refractivity contribution < 1.29 is 13.2 Å². The molecule has 5 heteroatoms. The van der Waals surface area contributed by atoms with Crippen LogP contribution in [0.15, 0.2) is 40.3 Å². The van der Waals surface area contributed by atoms with E-state index >= 15 is 0 Å². The predicted molar refractivity (Wildman–Crippen MR) is 101 cm³/mol. The summed E-state index contributed by atoms with van der Waals surface area (Å²) in [5.41, 5.74) is 3.86. The van der Waals surface area contributed by atoms with Crippen LogP contribution in [0.2, 0.25) is 0 Å². The number of aryl methyl sites for hydroxylation is 1. The van der Waals surface area contributed by atoms with Gasteiger partial charge in [0.15, 0.2) is 0 Å². The zero-order valence-corrected chi connectivity index (χ0v) is 16.4. The average molecular weight is 374 g/mol. The molecule has 1 saturated heterocycles. The van der Waals surface area contributed by atoms with Crippen molar-refractivity contribution in [3.05, 3.63) is 41.0 Å². The summed E-state index contributed by atoms with van der Waals surface area (Å²) >= 11 is 0. The van der Waals surface area contributed by atoms with Gasteiger partial charge in [0.2, 0.25) is 10.0 Å². The third kappa shape index (κ3) is 3.05. The first kappa shape index (κ1) is 17.9. The van der Waals surface area contributed by atoms with Crippen LogP contribution in [-0.2, 0) is 14.8 Å². The smallest absolute Gasteiger partial charge is 0.243 e. The van der Waals surface area contributed by atoms with Gasteiger partial charge in [-0.05, 0) is 63.0 Å². The van der Waals surface area contributed by atoms with Gasteiger partial charge in [-0.2, -0.15) is 4.31 Å². The number of hydrogen-bond acceptors (Lipinski definition) is 3. The number of benzene rings is 1. The molecule has 1 saturated carbocycles. The number of sulfonamides is 1. The highest BCUT2D eigenvalue weighted by atomic mass is 32.2. The van der Waals surface area contributed by atoms with Gasteiger partial charge >= 0.3 is 0 Å². The topological polar surface area (TPSA) is 54.5 Å². The quantitative estimate of drug-likeness (QED) is 0.743. The number of rotatable bonds is 2. The van der Waals surface area contributed by atoms with Gasteiger partial charge in [-0.15, -0.1) is 0 Å². The van der Waals surface area contributed by atoms with Gasteiger partial charge in [-0.25, -0.2) is 8.42 Å². The van der Waals surface area contributed by atoms with Crippen LogP contribution < -0.4 is 0 Å². The average Bonchev–Trinajstić information content (AvgIpc) is 3.21. The molecule has 3 atom stereocenters. The fourth-order valence-electron chi connectivity index (χ4n) is 5.14. The largest absolute Gasteiger partial charge is 0.300 e.